The highest BCUT2D eigenvalue weighted by molar-refractivity contribution is 6.30. The number of hydrogen-bond donors (Lipinski definition) is 2. The minimum atomic E-state index is -0.0701. The van der Waals surface area contributed by atoms with Gasteiger partial charge in [0.1, 0.15) is 5.82 Å². The third-order valence-corrected chi connectivity index (χ3v) is 5.18. The molecule has 1 amide bonds. The summed E-state index contributed by atoms with van der Waals surface area (Å²) in [6.07, 6.45) is 1.84. The lowest BCUT2D eigenvalue weighted by molar-refractivity contribution is -0.114. The molecule has 0 spiro atoms. The maximum Gasteiger partial charge on any atom is 0.221 e. The molecular formula is C22H23ClN4O2. The molecule has 0 bridgehead atoms. The van der Waals surface area contributed by atoms with Crippen LogP contribution in [-0.2, 0) is 16.1 Å². The van der Waals surface area contributed by atoms with Gasteiger partial charge in [0.2, 0.25) is 5.91 Å². The Labute approximate surface area is 174 Å². The van der Waals surface area contributed by atoms with E-state index in [9.17, 15) is 4.79 Å². The van der Waals surface area contributed by atoms with E-state index < -0.39 is 0 Å². The number of halogens is 1. The van der Waals surface area contributed by atoms with Crippen LogP contribution in [0.15, 0.2) is 54.7 Å². The molecule has 1 aromatic heterocycles. The first-order valence-electron chi connectivity index (χ1n) is 9.57. The Balaban J connectivity index is 1.50. The topological polar surface area (TPSA) is 70.2 Å². The summed E-state index contributed by atoms with van der Waals surface area (Å²) < 4.78 is 5.73. The zero-order valence-electron chi connectivity index (χ0n) is 16.2. The third kappa shape index (κ3) is 4.85. The van der Waals surface area contributed by atoms with Crippen LogP contribution in [0.2, 0.25) is 5.02 Å². The van der Waals surface area contributed by atoms with Crippen molar-refractivity contribution in [1.82, 2.24) is 14.9 Å². The second kappa shape index (κ2) is 8.78. The number of anilines is 1. The van der Waals surface area contributed by atoms with Gasteiger partial charge in [0, 0.05) is 36.3 Å². The lowest BCUT2D eigenvalue weighted by Crippen LogP contribution is -2.39. The van der Waals surface area contributed by atoms with Gasteiger partial charge in [-0.05, 0) is 29.8 Å². The summed E-state index contributed by atoms with van der Waals surface area (Å²) >= 11 is 6.12. The molecule has 29 heavy (non-hydrogen) atoms. The summed E-state index contributed by atoms with van der Waals surface area (Å²) in [5.41, 5.74) is 3.92. The molecule has 1 fully saturated rings. The molecule has 1 saturated heterocycles. The van der Waals surface area contributed by atoms with Crippen LogP contribution in [0, 0.1) is 0 Å². The zero-order chi connectivity index (χ0) is 20.2. The van der Waals surface area contributed by atoms with Crippen LogP contribution in [0.3, 0.4) is 0 Å². The van der Waals surface area contributed by atoms with Gasteiger partial charge in [-0.25, -0.2) is 4.98 Å². The van der Waals surface area contributed by atoms with Gasteiger partial charge in [-0.1, -0.05) is 35.9 Å². The van der Waals surface area contributed by atoms with E-state index in [1.807, 2.05) is 54.7 Å². The Hall–Kier alpha value is -2.67. The van der Waals surface area contributed by atoms with E-state index in [2.05, 4.69) is 20.2 Å². The number of rotatable bonds is 5. The van der Waals surface area contributed by atoms with Crippen molar-refractivity contribution in [1.29, 1.82) is 0 Å². The van der Waals surface area contributed by atoms with E-state index in [-0.39, 0.29) is 11.9 Å². The van der Waals surface area contributed by atoms with E-state index >= 15 is 0 Å². The molecule has 2 heterocycles. The number of carbonyl (C=O) groups is 1. The smallest absolute Gasteiger partial charge is 0.221 e. The Morgan fingerprint density at radius 1 is 1.31 bits per heavy atom. The largest absolute Gasteiger partial charge is 0.378 e. The molecule has 150 valence electrons. The third-order valence-electron chi connectivity index (χ3n) is 4.95. The molecule has 2 N–H and O–H groups in total. The molecule has 1 aliphatic rings. The van der Waals surface area contributed by atoms with Crippen molar-refractivity contribution in [2.24, 2.45) is 0 Å². The summed E-state index contributed by atoms with van der Waals surface area (Å²) in [5.74, 6) is 0.814. The fourth-order valence-corrected chi connectivity index (χ4v) is 3.71. The van der Waals surface area contributed by atoms with Gasteiger partial charge in [-0.15, -0.1) is 0 Å². The van der Waals surface area contributed by atoms with E-state index in [0.717, 1.165) is 35.9 Å². The van der Waals surface area contributed by atoms with Gasteiger partial charge in [-0.3, -0.25) is 9.69 Å². The van der Waals surface area contributed by atoms with Crippen LogP contribution in [0.5, 0.6) is 0 Å². The lowest BCUT2D eigenvalue weighted by atomic mass is 10.1. The number of morpholine rings is 1. The molecule has 0 saturated carbocycles. The molecule has 1 atom stereocenters. The van der Waals surface area contributed by atoms with Crippen molar-refractivity contribution < 1.29 is 9.53 Å². The fourth-order valence-electron chi connectivity index (χ4n) is 3.52. The molecule has 1 aliphatic heterocycles. The second-order valence-corrected chi connectivity index (χ2v) is 7.57. The second-order valence-electron chi connectivity index (χ2n) is 7.13. The summed E-state index contributed by atoms with van der Waals surface area (Å²) in [4.78, 5) is 21.6. The first-order chi connectivity index (χ1) is 14.1. The molecule has 0 aliphatic carbocycles. The normalized spacial score (nSPS) is 17.2. The molecule has 2 aromatic carbocycles. The molecule has 4 rings (SSSR count). The first kappa shape index (κ1) is 19.6. The summed E-state index contributed by atoms with van der Waals surface area (Å²) in [6, 6.07) is 15.7. The van der Waals surface area contributed by atoms with Gasteiger partial charge in [0.25, 0.3) is 0 Å². The predicted octanol–water partition coefficient (Wildman–Crippen LogP) is 4.26. The average molecular weight is 411 g/mol. The monoisotopic (exact) mass is 410 g/mol. The highest BCUT2D eigenvalue weighted by atomic mass is 35.5. The van der Waals surface area contributed by atoms with Crippen LogP contribution >= 0.6 is 11.6 Å². The number of carbonyl (C=O) groups excluding carboxylic acids is 1. The average Bonchev–Trinajstić information content (AvgIpc) is 3.20. The van der Waals surface area contributed by atoms with Crippen molar-refractivity contribution >= 4 is 23.2 Å². The lowest BCUT2D eigenvalue weighted by Gasteiger charge is -2.34. The number of benzene rings is 2. The van der Waals surface area contributed by atoms with Crippen molar-refractivity contribution in [3.05, 3.63) is 71.1 Å². The van der Waals surface area contributed by atoms with E-state index in [1.54, 1.807) is 0 Å². The SMILES string of the molecule is CC(=O)Nc1ccc(CN2CCOC[C@H]2c2ncc(-c3cccc(Cl)c3)[nH]2)cc1. The number of amides is 1. The van der Waals surface area contributed by atoms with Crippen LogP contribution < -0.4 is 5.32 Å². The van der Waals surface area contributed by atoms with Gasteiger partial charge in [0.15, 0.2) is 0 Å². The maximum absolute atomic E-state index is 11.2. The van der Waals surface area contributed by atoms with E-state index in [4.69, 9.17) is 16.3 Å². The van der Waals surface area contributed by atoms with Crippen LogP contribution in [0.4, 0.5) is 5.69 Å². The van der Waals surface area contributed by atoms with Crippen molar-refractivity contribution in [3.63, 3.8) is 0 Å². The van der Waals surface area contributed by atoms with Crippen LogP contribution in [0.25, 0.3) is 11.3 Å². The van der Waals surface area contributed by atoms with Crippen molar-refractivity contribution in [2.75, 3.05) is 25.1 Å². The van der Waals surface area contributed by atoms with Crippen molar-refractivity contribution in [2.45, 2.75) is 19.5 Å². The quantitative estimate of drug-likeness (QED) is 0.659. The Morgan fingerprint density at radius 3 is 2.90 bits per heavy atom. The molecule has 0 radical (unpaired) electrons. The number of ether oxygens (including phenoxy) is 1. The number of aromatic amines is 1. The number of imidazole rings is 1. The number of nitrogens with zero attached hydrogens (tertiary/aromatic N) is 2. The molecule has 7 heteroatoms. The summed E-state index contributed by atoms with van der Waals surface area (Å²) in [5, 5.41) is 3.49. The summed E-state index contributed by atoms with van der Waals surface area (Å²) in [6.45, 7) is 4.40. The van der Waals surface area contributed by atoms with Crippen LogP contribution in [-0.4, -0.2) is 40.5 Å². The fraction of sp³-hybridized carbons (Fsp3) is 0.273. The Morgan fingerprint density at radius 2 is 2.14 bits per heavy atom. The number of H-pyrrole nitrogens is 1. The first-order valence-corrected chi connectivity index (χ1v) is 9.95. The highest BCUT2D eigenvalue weighted by Gasteiger charge is 2.27. The minimum Gasteiger partial charge on any atom is -0.378 e. The number of aromatic nitrogens is 2. The van der Waals surface area contributed by atoms with Gasteiger partial charge < -0.3 is 15.0 Å². The van der Waals surface area contributed by atoms with E-state index in [1.165, 1.54) is 12.5 Å². The number of hydrogen-bond acceptors (Lipinski definition) is 4. The summed E-state index contributed by atoms with van der Waals surface area (Å²) in [7, 11) is 0. The predicted molar refractivity (Wildman–Crippen MR) is 114 cm³/mol. The number of nitrogens with one attached hydrogen (secondary N) is 2. The minimum absolute atomic E-state index is 0.0479. The maximum atomic E-state index is 11.2. The standard InChI is InChI=1S/C22H23ClN4O2/c1-15(28)25-19-7-5-16(6-8-19)13-27-9-10-29-14-21(27)22-24-12-20(26-22)17-3-2-4-18(23)11-17/h2-8,11-12,21H,9-10,13-14H2,1H3,(H,24,26)(H,25,28)/t21-/m0/s1. The molecular weight excluding hydrogens is 388 g/mol. The van der Waals surface area contributed by atoms with Gasteiger partial charge in [0.05, 0.1) is 31.1 Å². The van der Waals surface area contributed by atoms with Crippen LogP contribution in [0.1, 0.15) is 24.4 Å². The Kier molecular flexibility index (Phi) is 5.94. The molecule has 0 unspecified atom stereocenters. The van der Waals surface area contributed by atoms with Crippen molar-refractivity contribution in [3.8, 4) is 11.3 Å². The zero-order valence-corrected chi connectivity index (χ0v) is 16.9. The van der Waals surface area contributed by atoms with E-state index in [0.29, 0.717) is 18.2 Å². The van der Waals surface area contributed by atoms with Gasteiger partial charge in [-0.2, -0.15) is 0 Å². The molecule has 6 nitrogen and oxygen atoms in total. The highest BCUT2D eigenvalue weighted by Crippen LogP contribution is 2.27. The Bertz CT molecular complexity index is 986. The molecule has 3 aromatic rings. The van der Waals surface area contributed by atoms with Gasteiger partial charge >= 0.3 is 0 Å².